The van der Waals surface area contributed by atoms with Gasteiger partial charge in [0.05, 0.1) is 5.69 Å². The zero-order valence-corrected chi connectivity index (χ0v) is 10.0. The molecule has 0 spiro atoms. The van der Waals surface area contributed by atoms with Crippen LogP contribution in [0.4, 0.5) is 10.1 Å². The maximum Gasteiger partial charge on any atom is 0.147 e. The molecule has 1 aliphatic rings. The Hall–Kier alpha value is -0.610. The molecule has 1 aliphatic heterocycles. The highest BCUT2D eigenvalue weighted by Crippen LogP contribution is 2.25. The van der Waals surface area contributed by atoms with Gasteiger partial charge in [-0.25, -0.2) is 4.39 Å². The Morgan fingerprint density at radius 1 is 1.47 bits per heavy atom. The number of benzene rings is 1. The Labute approximate surface area is 97.4 Å². The highest BCUT2D eigenvalue weighted by Gasteiger charge is 2.19. The fraction of sp³-hybridized carbons (Fsp3) is 0.455. The van der Waals surface area contributed by atoms with Gasteiger partial charge in [-0.2, -0.15) is 0 Å². The van der Waals surface area contributed by atoms with Gasteiger partial charge in [0.1, 0.15) is 5.82 Å². The first-order valence-electron chi connectivity index (χ1n) is 5.12. The van der Waals surface area contributed by atoms with E-state index >= 15 is 0 Å². The molecule has 0 radical (unpaired) electrons. The highest BCUT2D eigenvalue weighted by molar-refractivity contribution is 9.10. The second-order valence-corrected chi connectivity index (χ2v) is 4.86. The third kappa shape index (κ3) is 2.49. The summed E-state index contributed by atoms with van der Waals surface area (Å²) in [5.41, 5.74) is 6.53. The fourth-order valence-electron chi connectivity index (χ4n) is 1.97. The van der Waals surface area contributed by atoms with E-state index in [-0.39, 0.29) is 11.9 Å². The van der Waals surface area contributed by atoms with E-state index in [1.807, 2.05) is 11.0 Å². The molecule has 0 bridgehead atoms. The minimum atomic E-state index is -0.182. The second-order valence-electron chi connectivity index (χ2n) is 3.94. The van der Waals surface area contributed by atoms with Crippen LogP contribution in [0.1, 0.15) is 12.8 Å². The quantitative estimate of drug-likeness (QED) is 0.851. The van der Waals surface area contributed by atoms with Crippen molar-refractivity contribution in [2.75, 3.05) is 18.0 Å². The third-order valence-corrected chi connectivity index (χ3v) is 3.20. The molecule has 0 aliphatic carbocycles. The molecule has 2 rings (SSSR count). The maximum absolute atomic E-state index is 13.6. The van der Waals surface area contributed by atoms with Gasteiger partial charge in [0.15, 0.2) is 0 Å². The number of rotatable bonds is 1. The summed E-state index contributed by atoms with van der Waals surface area (Å²) in [4.78, 5) is 2.02. The Morgan fingerprint density at radius 2 is 2.27 bits per heavy atom. The van der Waals surface area contributed by atoms with E-state index < -0.39 is 0 Å². The van der Waals surface area contributed by atoms with Gasteiger partial charge in [0.25, 0.3) is 0 Å². The normalized spacial score (nSPS) is 21.8. The Balaban J connectivity index is 2.21. The molecule has 82 valence electrons. The largest absolute Gasteiger partial charge is 0.368 e. The van der Waals surface area contributed by atoms with E-state index in [0.717, 1.165) is 30.4 Å². The standard InChI is InChI=1S/C11H14BrFN2/c12-8-3-4-11(10(13)6-8)15-5-1-2-9(14)7-15/h3-4,6,9H,1-2,5,7,14H2/t9-/m0/s1. The van der Waals surface area contributed by atoms with Crippen LogP contribution in [0.15, 0.2) is 22.7 Å². The van der Waals surface area contributed by atoms with Crippen LogP contribution in [-0.4, -0.2) is 19.1 Å². The van der Waals surface area contributed by atoms with Crippen LogP contribution < -0.4 is 10.6 Å². The van der Waals surface area contributed by atoms with E-state index in [2.05, 4.69) is 15.9 Å². The zero-order chi connectivity index (χ0) is 10.8. The monoisotopic (exact) mass is 272 g/mol. The Morgan fingerprint density at radius 3 is 2.93 bits per heavy atom. The van der Waals surface area contributed by atoms with Crippen molar-refractivity contribution in [3.05, 3.63) is 28.5 Å². The molecular formula is C11H14BrFN2. The van der Waals surface area contributed by atoms with Crippen LogP contribution in [-0.2, 0) is 0 Å². The first kappa shape index (κ1) is 10.9. The van der Waals surface area contributed by atoms with Gasteiger partial charge in [-0.1, -0.05) is 15.9 Å². The van der Waals surface area contributed by atoms with Crippen molar-refractivity contribution in [1.29, 1.82) is 0 Å². The SMILES string of the molecule is N[C@H]1CCCN(c2ccc(Br)cc2F)C1. The molecule has 0 amide bonds. The van der Waals surface area contributed by atoms with E-state index in [9.17, 15) is 4.39 Å². The first-order chi connectivity index (χ1) is 7.16. The number of piperidine rings is 1. The molecule has 0 aromatic heterocycles. The highest BCUT2D eigenvalue weighted by atomic mass is 79.9. The Kier molecular flexibility index (Phi) is 3.26. The fourth-order valence-corrected chi connectivity index (χ4v) is 2.30. The number of halogens is 2. The summed E-state index contributed by atoms with van der Waals surface area (Å²) in [7, 11) is 0. The average Bonchev–Trinajstić information content (AvgIpc) is 2.17. The molecular weight excluding hydrogens is 259 g/mol. The van der Waals surface area contributed by atoms with Crippen molar-refractivity contribution in [3.63, 3.8) is 0 Å². The molecule has 15 heavy (non-hydrogen) atoms. The predicted molar refractivity (Wildman–Crippen MR) is 63.5 cm³/mol. The maximum atomic E-state index is 13.6. The lowest BCUT2D eigenvalue weighted by Crippen LogP contribution is -2.43. The smallest absolute Gasteiger partial charge is 0.147 e. The van der Waals surface area contributed by atoms with E-state index in [1.54, 1.807) is 6.07 Å². The van der Waals surface area contributed by atoms with E-state index in [0.29, 0.717) is 5.69 Å². The van der Waals surface area contributed by atoms with Crippen molar-refractivity contribution in [1.82, 2.24) is 0 Å². The van der Waals surface area contributed by atoms with Gasteiger partial charge in [-0.05, 0) is 31.0 Å². The van der Waals surface area contributed by atoms with Crippen molar-refractivity contribution in [3.8, 4) is 0 Å². The van der Waals surface area contributed by atoms with Gasteiger partial charge < -0.3 is 10.6 Å². The van der Waals surface area contributed by atoms with E-state index in [1.165, 1.54) is 6.07 Å². The predicted octanol–water partition coefficient (Wildman–Crippen LogP) is 2.52. The number of anilines is 1. The van der Waals surface area contributed by atoms with E-state index in [4.69, 9.17) is 5.73 Å². The van der Waals surface area contributed by atoms with Crippen LogP contribution >= 0.6 is 15.9 Å². The zero-order valence-electron chi connectivity index (χ0n) is 8.42. The van der Waals surface area contributed by atoms with Crippen molar-refractivity contribution < 1.29 is 4.39 Å². The molecule has 4 heteroatoms. The minimum Gasteiger partial charge on any atom is -0.368 e. The lowest BCUT2D eigenvalue weighted by atomic mass is 10.1. The summed E-state index contributed by atoms with van der Waals surface area (Å²) in [6.07, 6.45) is 2.07. The van der Waals surface area contributed by atoms with Crippen molar-refractivity contribution in [2.24, 2.45) is 5.73 Å². The van der Waals surface area contributed by atoms with Crippen molar-refractivity contribution in [2.45, 2.75) is 18.9 Å². The van der Waals surface area contributed by atoms with Gasteiger partial charge in [-0.3, -0.25) is 0 Å². The van der Waals surface area contributed by atoms with Crippen LogP contribution in [0.2, 0.25) is 0 Å². The summed E-state index contributed by atoms with van der Waals surface area (Å²) in [6, 6.07) is 5.33. The number of nitrogens with two attached hydrogens (primary N) is 1. The molecule has 1 aromatic rings. The number of nitrogens with zero attached hydrogens (tertiary/aromatic N) is 1. The summed E-state index contributed by atoms with van der Waals surface area (Å²) >= 11 is 3.25. The first-order valence-corrected chi connectivity index (χ1v) is 5.91. The minimum absolute atomic E-state index is 0.168. The van der Waals surface area contributed by atoms with Gasteiger partial charge in [0.2, 0.25) is 0 Å². The second kappa shape index (κ2) is 4.49. The molecule has 0 unspecified atom stereocenters. The molecule has 1 atom stereocenters. The molecule has 1 fully saturated rings. The summed E-state index contributed by atoms with van der Waals surface area (Å²) in [5.74, 6) is -0.182. The molecule has 1 heterocycles. The molecule has 2 nitrogen and oxygen atoms in total. The molecule has 0 saturated carbocycles. The van der Waals surface area contributed by atoms with Crippen LogP contribution in [0.3, 0.4) is 0 Å². The van der Waals surface area contributed by atoms with Crippen LogP contribution in [0.25, 0.3) is 0 Å². The average molecular weight is 273 g/mol. The number of hydrogen-bond acceptors (Lipinski definition) is 2. The van der Waals surface area contributed by atoms with Crippen LogP contribution in [0, 0.1) is 5.82 Å². The molecule has 1 aromatic carbocycles. The lowest BCUT2D eigenvalue weighted by molar-refractivity contribution is 0.498. The van der Waals surface area contributed by atoms with Gasteiger partial charge in [0, 0.05) is 23.6 Å². The lowest BCUT2D eigenvalue weighted by Gasteiger charge is -2.32. The number of hydrogen-bond donors (Lipinski definition) is 1. The Bertz CT molecular complexity index is 356. The van der Waals surface area contributed by atoms with Gasteiger partial charge >= 0.3 is 0 Å². The third-order valence-electron chi connectivity index (χ3n) is 2.71. The van der Waals surface area contributed by atoms with Crippen LogP contribution in [0.5, 0.6) is 0 Å². The summed E-state index contributed by atoms with van der Waals surface area (Å²) < 4.78 is 14.4. The summed E-state index contributed by atoms with van der Waals surface area (Å²) in [5, 5.41) is 0. The topological polar surface area (TPSA) is 29.3 Å². The van der Waals surface area contributed by atoms with Crippen molar-refractivity contribution >= 4 is 21.6 Å². The molecule has 1 saturated heterocycles. The van der Waals surface area contributed by atoms with Gasteiger partial charge in [-0.15, -0.1) is 0 Å². The summed E-state index contributed by atoms with van der Waals surface area (Å²) in [6.45, 7) is 1.64. The molecule has 2 N–H and O–H groups in total.